The molecule has 0 spiro atoms. The molecule has 1 aromatic rings. The van der Waals surface area contributed by atoms with Crippen LogP contribution in [0.4, 0.5) is 4.39 Å². The maximum absolute atomic E-state index is 13.4. The molecule has 20 heavy (non-hydrogen) atoms. The molecule has 1 atom stereocenters. The van der Waals surface area contributed by atoms with E-state index >= 15 is 0 Å². The second-order valence-corrected chi connectivity index (χ2v) is 4.61. The number of carbonyl (C=O) groups is 1. The highest BCUT2D eigenvalue weighted by molar-refractivity contribution is 5.89. The third-order valence-electron chi connectivity index (χ3n) is 3.02. The van der Waals surface area contributed by atoms with Crippen molar-refractivity contribution in [3.05, 3.63) is 35.6 Å². The maximum Gasteiger partial charge on any atom is 0.341 e. The molecule has 0 amide bonds. The monoisotopic (exact) mass is 303 g/mol. The SMILES string of the molecule is CC(CN1CCOCC1)OC(=O)c1ccccc1F.Cl. The number of nitrogens with zero attached hydrogens (tertiary/aromatic N) is 1. The predicted molar refractivity (Wildman–Crippen MR) is 75.8 cm³/mol. The Morgan fingerprint density at radius 3 is 2.70 bits per heavy atom. The normalized spacial score (nSPS) is 17.1. The quantitative estimate of drug-likeness (QED) is 0.799. The van der Waals surface area contributed by atoms with Gasteiger partial charge in [-0.25, -0.2) is 9.18 Å². The Morgan fingerprint density at radius 1 is 1.40 bits per heavy atom. The van der Waals surface area contributed by atoms with Crippen molar-refractivity contribution in [3.8, 4) is 0 Å². The number of hydrogen-bond donors (Lipinski definition) is 0. The van der Waals surface area contributed by atoms with Gasteiger partial charge >= 0.3 is 5.97 Å². The summed E-state index contributed by atoms with van der Waals surface area (Å²) in [6, 6.07) is 5.85. The van der Waals surface area contributed by atoms with Gasteiger partial charge < -0.3 is 9.47 Å². The average molecular weight is 304 g/mol. The van der Waals surface area contributed by atoms with Gasteiger partial charge in [-0.3, -0.25) is 4.90 Å². The van der Waals surface area contributed by atoms with Gasteiger partial charge in [0.05, 0.1) is 18.8 Å². The second-order valence-electron chi connectivity index (χ2n) is 4.61. The molecule has 1 saturated heterocycles. The van der Waals surface area contributed by atoms with Gasteiger partial charge in [-0.15, -0.1) is 12.4 Å². The first-order valence-corrected chi connectivity index (χ1v) is 6.42. The summed E-state index contributed by atoms with van der Waals surface area (Å²) in [4.78, 5) is 14.0. The van der Waals surface area contributed by atoms with Gasteiger partial charge in [0.2, 0.25) is 0 Å². The summed E-state index contributed by atoms with van der Waals surface area (Å²) in [6.45, 7) is 5.53. The number of rotatable bonds is 4. The van der Waals surface area contributed by atoms with E-state index in [1.807, 2.05) is 6.92 Å². The Labute approximate surface area is 124 Å². The summed E-state index contributed by atoms with van der Waals surface area (Å²) in [5.41, 5.74) is -0.0173. The fourth-order valence-corrected chi connectivity index (χ4v) is 2.06. The first-order valence-electron chi connectivity index (χ1n) is 6.42. The first kappa shape index (κ1) is 16.9. The molecule has 0 bridgehead atoms. The van der Waals surface area contributed by atoms with Crippen molar-refractivity contribution < 1.29 is 18.7 Å². The molecule has 1 unspecified atom stereocenters. The van der Waals surface area contributed by atoms with Crippen molar-refractivity contribution >= 4 is 18.4 Å². The van der Waals surface area contributed by atoms with E-state index in [4.69, 9.17) is 9.47 Å². The summed E-state index contributed by atoms with van der Waals surface area (Å²) in [7, 11) is 0. The summed E-state index contributed by atoms with van der Waals surface area (Å²) in [5, 5.41) is 0. The van der Waals surface area contributed by atoms with Crippen LogP contribution in [0.15, 0.2) is 24.3 Å². The number of ether oxygens (including phenoxy) is 2. The van der Waals surface area contributed by atoms with E-state index in [9.17, 15) is 9.18 Å². The lowest BCUT2D eigenvalue weighted by molar-refractivity contribution is 0.000214. The summed E-state index contributed by atoms with van der Waals surface area (Å²) in [5.74, 6) is -1.16. The number of halogens is 2. The van der Waals surface area contributed by atoms with Crippen LogP contribution in [0.3, 0.4) is 0 Å². The lowest BCUT2D eigenvalue weighted by atomic mass is 10.2. The molecule has 2 rings (SSSR count). The van der Waals surface area contributed by atoms with Crippen molar-refractivity contribution in [1.82, 2.24) is 4.90 Å². The highest BCUT2D eigenvalue weighted by Gasteiger charge is 2.19. The van der Waals surface area contributed by atoms with Gasteiger partial charge in [0, 0.05) is 19.6 Å². The minimum absolute atomic E-state index is 0. The molecule has 112 valence electrons. The molecular formula is C14H19ClFNO3. The average Bonchev–Trinajstić information content (AvgIpc) is 2.40. The van der Waals surface area contributed by atoms with Crippen LogP contribution in [-0.2, 0) is 9.47 Å². The molecule has 1 aliphatic heterocycles. The second kappa shape index (κ2) is 8.19. The molecule has 6 heteroatoms. The molecular weight excluding hydrogens is 285 g/mol. The standard InChI is InChI=1S/C14H18FNO3.ClH/c1-11(10-16-6-8-18-9-7-16)19-14(17)12-4-2-3-5-13(12)15;/h2-5,11H,6-10H2,1H3;1H. The van der Waals surface area contributed by atoms with Gasteiger partial charge in [0.15, 0.2) is 0 Å². The molecule has 0 aromatic heterocycles. The van der Waals surface area contributed by atoms with E-state index in [0.29, 0.717) is 19.8 Å². The first-order chi connectivity index (χ1) is 9.16. The smallest absolute Gasteiger partial charge is 0.341 e. The molecule has 1 aromatic carbocycles. The number of hydrogen-bond acceptors (Lipinski definition) is 4. The van der Waals surface area contributed by atoms with Gasteiger partial charge in [0.1, 0.15) is 11.9 Å². The van der Waals surface area contributed by atoms with Crippen molar-refractivity contribution in [2.45, 2.75) is 13.0 Å². The lowest BCUT2D eigenvalue weighted by Gasteiger charge is -2.28. The number of carbonyl (C=O) groups excluding carboxylic acids is 1. The minimum atomic E-state index is -0.612. The van der Waals surface area contributed by atoms with Crippen molar-refractivity contribution in [1.29, 1.82) is 0 Å². The van der Waals surface area contributed by atoms with E-state index in [1.165, 1.54) is 12.1 Å². The Hall–Kier alpha value is -1.17. The topological polar surface area (TPSA) is 38.8 Å². The van der Waals surface area contributed by atoms with Gasteiger partial charge in [0.25, 0.3) is 0 Å². The van der Waals surface area contributed by atoms with Gasteiger partial charge in [-0.05, 0) is 19.1 Å². The molecule has 0 saturated carbocycles. The van der Waals surface area contributed by atoms with Crippen molar-refractivity contribution in [2.75, 3.05) is 32.8 Å². The Kier molecular flexibility index (Phi) is 6.91. The Balaban J connectivity index is 0.00000200. The number of benzene rings is 1. The molecule has 1 fully saturated rings. The number of morpholine rings is 1. The molecule has 1 aliphatic rings. The largest absolute Gasteiger partial charge is 0.458 e. The Bertz CT molecular complexity index is 438. The fourth-order valence-electron chi connectivity index (χ4n) is 2.06. The zero-order chi connectivity index (χ0) is 13.7. The third-order valence-corrected chi connectivity index (χ3v) is 3.02. The van der Waals surface area contributed by atoms with Crippen LogP contribution in [0.25, 0.3) is 0 Å². The van der Waals surface area contributed by atoms with Crippen LogP contribution in [0, 0.1) is 5.82 Å². The van der Waals surface area contributed by atoms with E-state index < -0.39 is 11.8 Å². The molecule has 4 nitrogen and oxygen atoms in total. The highest BCUT2D eigenvalue weighted by Crippen LogP contribution is 2.10. The van der Waals surface area contributed by atoms with Gasteiger partial charge in [-0.2, -0.15) is 0 Å². The van der Waals surface area contributed by atoms with E-state index in [1.54, 1.807) is 12.1 Å². The highest BCUT2D eigenvalue weighted by atomic mass is 35.5. The predicted octanol–water partition coefficient (Wildman–Crippen LogP) is 2.13. The summed E-state index contributed by atoms with van der Waals surface area (Å²) >= 11 is 0. The van der Waals surface area contributed by atoms with Gasteiger partial charge in [-0.1, -0.05) is 12.1 Å². The van der Waals surface area contributed by atoms with Crippen LogP contribution in [0.1, 0.15) is 17.3 Å². The van der Waals surface area contributed by atoms with Crippen molar-refractivity contribution in [2.24, 2.45) is 0 Å². The summed E-state index contributed by atoms with van der Waals surface area (Å²) in [6.07, 6.45) is -0.273. The van der Waals surface area contributed by atoms with Crippen LogP contribution in [-0.4, -0.2) is 49.8 Å². The summed E-state index contributed by atoms with van der Waals surface area (Å²) < 4.78 is 23.9. The maximum atomic E-state index is 13.4. The fraction of sp³-hybridized carbons (Fsp3) is 0.500. The Morgan fingerprint density at radius 2 is 2.05 bits per heavy atom. The molecule has 1 heterocycles. The number of esters is 1. The zero-order valence-electron chi connectivity index (χ0n) is 11.4. The minimum Gasteiger partial charge on any atom is -0.458 e. The third kappa shape index (κ3) is 4.74. The van der Waals surface area contributed by atoms with Crippen LogP contribution >= 0.6 is 12.4 Å². The van der Waals surface area contributed by atoms with Crippen LogP contribution in [0.5, 0.6) is 0 Å². The van der Waals surface area contributed by atoms with Crippen LogP contribution in [0.2, 0.25) is 0 Å². The van der Waals surface area contributed by atoms with Crippen LogP contribution < -0.4 is 0 Å². The lowest BCUT2D eigenvalue weighted by Crippen LogP contribution is -2.41. The molecule has 0 radical (unpaired) electrons. The van der Waals surface area contributed by atoms with E-state index in [0.717, 1.165) is 13.1 Å². The van der Waals surface area contributed by atoms with Crippen molar-refractivity contribution in [3.63, 3.8) is 0 Å². The zero-order valence-corrected chi connectivity index (χ0v) is 12.2. The van der Waals surface area contributed by atoms with E-state index in [2.05, 4.69) is 4.90 Å². The van der Waals surface area contributed by atoms with E-state index in [-0.39, 0.29) is 24.1 Å². The molecule has 0 aliphatic carbocycles. The molecule has 0 N–H and O–H groups in total.